The van der Waals surface area contributed by atoms with E-state index in [2.05, 4.69) is 49.7 Å². The first kappa shape index (κ1) is 27.0. The molecule has 0 N–H and O–H groups in total. The van der Waals surface area contributed by atoms with Crippen LogP contribution in [0.3, 0.4) is 0 Å². The average Bonchev–Trinajstić information content (AvgIpc) is 3.20. The molecular weight excluding hydrogens is 504 g/mol. The van der Waals surface area contributed by atoms with Crippen LogP contribution in [0, 0.1) is 0 Å². The molecule has 39 heavy (non-hydrogen) atoms. The Morgan fingerprint density at radius 1 is 1.18 bits per heavy atom. The molecule has 1 aromatic heterocycles. The minimum absolute atomic E-state index is 0.0694. The molecule has 0 aliphatic carbocycles. The third kappa shape index (κ3) is 5.59. The highest BCUT2D eigenvalue weighted by molar-refractivity contribution is 8.18. The lowest BCUT2D eigenvalue weighted by Gasteiger charge is -2.47. The summed E-state index contributed by atoms with van der Waals surface area (Å²) in [4.78, 5) is 27.7. The van der Waals surface area contributed by atoms with Gasteiger partial charge in [-0.05, 0) is 85.8 Å². The summed E-state index contributed by atoms with van der Waals surface area (Å²) in [6, 6.07) is 18.0. The number of anilines is 1. The number of pyridine rings is 1. The molecule has 0 spiro atoms. The minimum Gasteiger partial charge on any atom is -0.496 e. The van der Waals surface area contributed by atoms with Crippen LogP contribution in [-0.4, -0.2) is 40.2 Å². The normalized spacial score (nSPS) is 20.5. The molecule has 0 radical (unpaired) electrons. The van der Waals surface area contributed by atoms with Crippen LogP contribution in [0.2, 0.25) is 0 Å². The van der Waals surface area contributed by atoms with Gasteiger partial charge < -0.3 is 9.64 Å². The Hall–Kier alpha value is -3.58. The van der Waals surface area contributed by atoms with Crippen molar-refractivity contribution in [2.45, 2.75) is 58.5 Å². The number of fused-ring (bicyclic) bond motifs is 1. The number of carbonyl (C=O) groups is 1. The topological polar surface area (TPSA) is 58.0 Å². The number of hydrogen-bond acceptors (Lipinski definition) is 6. The number of amidine groups is 1. The van der Waals surface area contributed by atoms with E-state index >= 15 is 0 Å². The molecule has 0 bridgehead atoms. The van der Waals surface area contributed by atoms with E-state index in [1.807, 2.05) is 48.5 Å². The van der Waals surface area contributed by atoms with Crippen molar-refractivity contribution < 1.29 is 9.53 Å². The van der Waals surface area contributed by atoms with Crippen molar-refractivity contribution in [1.82, 2.24) is 9.88 Å². The molecule has 2 aliphatic rings. The second-order valence-electron chi connectivity index (χ2n) is 10.8. The monoisotopic (exact) mass is 540 g/mol. The number of benzene rings is 2. The van der Waals surface area contributed by atoms with Crippen molar-refractivity contribution in [3.05, 3.63) is 88.6 Å². The molecule has 2 aromatic carbocycles. The summed E-state index contributed by atoms with van der Waals surface area (Å²) in [6.07, 6.45) is 7.64. The number of aromatic nitrogens is 1. The van der Waals surface area contributed by atoms with Gasteiger partial charge in [-0.25, -0.2) is 4.99 Å². The molecule has 7 heteroatoms. The Balaban J connectivity index is 1.55. The molecule has 6 nitrogen and oxygen atoms in total. The zero-order valence-corrected chi connectivity index (χ0v) is 24.2. The Labute approximate surface area is 235 Å². The SMILES string of the molecule is CCCN1c2cc(OC)c(/C=C3/SC(=Nc4ccccc4)N(Cc4cccnc4)C3=O)cc2C(C)CC1(C)C. The molecule has 5 rings (SSSR count). The van der Waals surface area contributed by atoms with Crippen LogP contribution in [0.1, 0.15) is 63.1 Å². The third-order valence-corrected chi connectivity index (χ3v) is 8.41. The highest BCUT2D eigenvalue weighted by Gasteiger charge is 2.37. The van der Waals surface area contributed by atoms with Crippen molar-refractivity contribution >= 4 is 40.3 Å². The summed E-state index contributed by atoms with van der Waals surface area (Å²) in [7, 11) is 1.70. The van der Waals surface area contributed by atoms with Crippen molar-refractivity contribution in [1.29, 1.82) is 0 Å². The van der Waals surface area contributed by atoms with Gasteiger partial charge in [-0.2, -0.15) is 0 Å². The van der Waals surface area contributed by atoms with Crippen molar-refractivity contribution in [3.63, 3.8) is 0 Å². The molecule has 1 amide bonds. The number of rotatable bonds is 7. The summed E-state index contributed by atoms with van der Waals surface area (Å²) < 4.78 is 5.89. The van der Waals surface area contributed by atoms with E-state index in [1.54, 1.807) is 24.4 Å². The first-order valence-electron chi connectivity index (χ1n) is 13.5. The van der Waals surface area contributed by atoms with E-state index < -0.39 is 0 Å². The molecule has 1 atom stereocenters. The standard InChI is InChI=1S/C32H36N4O2S/c1-6-15-36-27-18-28(38-5)24(16-26(27)22(2)19-32(36,3)4)17-29-30(37)35(21-23-11-10-14-33-20-23)31(39-29)34-25-12-8-7-9-13-25/h7-14,16-18,20,22H,6,15,19,21H2,1-5H3/b29-17+,34-31?. The predicted octanol–water partition coefficient (Wildman–Crippen LogP) is 7.40. The summed E-state index contributed by atoms with van der Waals surface area (Å²) in [5, 5.41) is 0.655. The number of amides is 1. The van der Waals surface area contributed by atoms with E-state index in [0.29, 0.717) is 22.5 Å². The van der Waals surface area contributed by atoms with Crippen molar-refractivity contribution in [2.75, 3.05) is 18.6 Å². The first-order chi connectivity index (χ1) is 18.8. The van der Waals surface area contributed by atoms with Gasteiger partial charge >= 0.3 is 0 Å². The van der Waals surface area contributed by atoms with E-state index in [0.717, 1.165) is 42.0 Å². The number of carbonyl (C=O) groups excluding carboxylic acids is 1. The van der Waals surface area contributed by atoms with Gasteiger partial charge in [0.05, 0.1) is 24.2 Å². The Kier molecular flexibility index (Phi) is 7.80. The highest BCUT2D eigenvalue weighted by Crippen LogP contribution is 2.47. The predicted molar refractivity (Wildman–Crippen MR) is 162 cm³/mol. The second-order valence-corrected chi connectivity index (χ2v) is 11.8. The van der Waals surface area contributed by atoms with Gasteiger partial charge in [0.1, 0.15) is 5.75 Å². The van der Waals surface area contributed by atoms with Gasteiger partial charge in [0.25, 0.3) is 5.91 Å². The molecular formula is C32H36N4O2S. The zero-order valence-electron chi connectivity index (χ0n) is 23.3. The maximum Gasteiger partial charge on any atom is 0.267 e. The van der Waals surface area contributed by atoms with Gasteiger partial charge in [-0.15, -0.1) is 0 Å². The number of aliphatic imine (C=N–C) groups is 1. The van der Waals surface area contributed by atoms with E-state index in [1.165, 1.54) is 23.0 Å². The molecule has 202 valence electrons. The number of hydrogen-bond donors (Lipinski definition) is 0. The van der Waals surface area contributed by atoms with Crippen LogP contribution >= 0.6 is 11.8 Å². The van der Waals surface area contributed by atoms with Crippen LogP contribution < -0.4 is 9.64 Å². The quantitative estimate of drug-likeness (QED) is 0.292. The lowest BCUT2D eigenvalue weighted by Crippen LogP contribution is -2.48. The summed E-state index contributed by atoms with van der Waals surface area (Å²) >= 11 is 1.40. The maximum atomic E-state index is 13.8. The Morgan fingerprint density at radius 3 is 2.67 bits per heavy atom. The van der Waals surface area contributed by atoms with E-state index in [4.69, 9.17) is 9.73 Å². The van der Waals surface area contributed by atoms with Gasteiger partial charge in [0.15, 0.2) is 5.17 Å². The van der Waals surface area contributed by atoms with Crippen LogP contribution in [0.4, 0.5) is 11.4 Å². The van der Waals surface area contributed by atoms with Crippen LogP contribution in [-0.2, 0) is 11.3 Å². The lowest BCUT2D eigenvalue weighted by molar-refractivity contribution is -0.122. The largest absolute Gasteiger partial charge is 0.496 e. The molecule has 1 saturated heterocycles. The fraction of sp³-hybridized carbons (Fsp3) is 0.344. The fourth-order valence-corrected chi connectivity index (χ4v) is 6.61. The average molecular weight is 541 g/mol. The van der Waals surface area contributed by atoms with Gasteiger partial charge in [0, 0.05) is 41.8 Å². The summed E-state index contributed by atoms with van der Waals surface area (Å²) in [6.45, 7) is 10.6. The van der Waals surface area contributed by atoms with Gasteiger partial charge in [0.2, 0.25) is 0 Å². The molecule has 2 aliphatic heterocycles. The lowest BCUT2D eigenvalue weighted by atomic mass is 9.79. The highest BCUT2D eigenvalue weighted by atomic mass is 32.2. The molecule has 0 saturated carbocycles. The van der Waals surface area contributed by atoms with Crippen LogP contribution in [0.5, 0.6) is 5.75 Å². The van der Waals surface area contributed by atoms with E-state index in [9.17, 15) is 4.79 Å². The number of para-hydroxylation sites is 1. The minimum atomic E-state index is -0.0694. The van der Waals surface area contributed by atoms with Crippen LogP contribution in [0.15, 0.2) is 76.9 Å². The molecule has 3 aromatic rings. The van der Waals surface area contributed by atoms with Crippen molar-refractivity contribution in [3.8, 4) is 5.75 Å². The maximum absolute atomic E-state index is 13.8. The molecule has 3 heterocycles. The second kappa shape index (κ2) is 11.3. The number of thioether (sulfide) groups is 1. The van der Waals surface area contributed by atoms with Gasteiger partial charge in [-0.3, -0.25) is 14.7 Å². The number of nitrogens with zero attached hydrogens (tertiary/aromatic N) is 4. The summed E-state index contributed by atoms with van der Waals surface area (Å²) in [5.41, 5.74) is 5.28. The number of ether oxygens (including phenoxy) is 1. The zero-order chi connectivity index (χ0) is 27.6. The Morgan fingerprint density at radius 2 is 1.97 bits per heavy atom. The van der Waals surface area contributed by atoms with Crippen LogP contribution in [0.25, 0.3) is 6.08 Å². The summed E-state index contributed by atoms with van der Waals surface area (Å²) in [5.74, 6) is 1.10. The molecule has 1 fully saturated rings. The smallest absolute Gasteiger partial charge is 0.267 e. The van der Waals surface area contributed by atoms with E-state index in [-0.39, 0.29) is 11.4 Å². The molecule has 1 unspecified atom stereocenters. The first-order valence-corrected chi connectivity index (χ1v) is 14.4. The Bertz CT molecular complexity index is 1400. The van der Waals surface area contributed by atoms with Gasteiger partial charge in [-0.1, -0.05) is 38.1 Å². The van der Waals surface area contributed by atoms with Crippen molar-refractivity contribution in [2.24, 2.45) is 4.99 Å². The number of methoxy groups -OCH3 is 1. The third-order valence-electron chi connectivity index (χ3n) is 7.40. The fourth-order valence-electron chi connectivity index (χ4n) is 5.62.